The van der Waals surface area contributed by atoms with Crippen LogP contribution in [-0.4, -0.2) is 30.0 Å². The molecule has 7 nitrogen and oxygen atoms in total. The molecule has 4 rings (SSSR count). The van der Waals surface area contributed by atoms with Crippen LogP contribution >= 0.6 is 0 Å². The van der Waals surface area contributed by atoms with E-state index in [4.69, 9.17) is 4.74 Å². The van der Waals surface area contributed by atoms with Crippen molar-refractivity contribution in [2.75, 3.05) is 6.61 Å². The van der Waals surface area contributed by atoms with Crippen LogP contribution < -0.4 is 16.1 Å². The quantitative estimate of drug-likeness (QED) is 0.871. The van der Waals surface area contributed by atoms with E-state index in [0.717, 1.165) is 12.8 Å². The van der Waals surface area contributed by atoms with Gasteiger partial charge >= 0.3 is 11.4 Å². The van der Waals surface area contributed by atoms with Crippen molar-refractivity contribution >= 4 is 20.7 Å². The normalized spacial score (nSPS) is 19.7. The maximum absolute atomic E-state index is 12.5. The Morgan fingerprint density at radius 3 is 2.65 bits per heavy atom. The van der Waals surface area contributed by atoms with Crippen LogP contribution in [0.15, 0.2) is 32.2 Å². The summed E-state index contributed by atoms with van der Waals surface area (Å²) in [5.41, 5.74) is -0.519. The Bertz CT molecular complexity index is 995. The van der Waals surface area contributed by atoms with Crippen molar-refractivity contribution in [2.24, 2.45) is 0 Å². The number of sulfone groups is 1. The molecular weight excluding hydrogens is 322 g/mol. The van der Waals surface area contributed by atoms with Gasteiger partial charge in [-0.2, -0.15) is 0 Å². The molecule has 0 aliphatic heterocycles. The van der Waals surface area contributed by atoms with E-state index >= 15 is 0 Å². The van der Waals surface area contributed by atoms with Crippen LogP contribution in [0.2, 0.25) is 0 Å². The smallest absolute Gasteiger partial charge is 0.419 e. The van der Waals surface area contributed by atoms with Gasteiger partial charge in [0.25, 0.3) is 0 Å². The first kappa shape index (κ1) is 14.5. The molecule has 122 valence electrons. The summed E-state index contributed by atoms with van der Waals surface area (Å²) in [4.78, 5) is 25.5. The minimum absolute atomic E-state index is 0.0349. The van der Waals surface area contributed by atoms with E-state index in [1.54, 1.807) is 12.1 Å². The summed E-state index contributed by atoms with van der Waals surface area (Å²) < 4.78 is 34.3. The van der Waals surface area contributed by atoms with E-state index in [0.29, 0.717) is 12.8 Å². The predicted molar refractivity (Wildman–Crippen MR) is 82.5 cm³/mol. The lowest BCUT2D eigenvalue weighted by molar-refractivity contribution is 0.308. The molecule has 1 N–H and O–H groups in total. The third-order valence-corrected chi connectivity index (χ3v) is 7.61. The van der Waals surface area contributed by atoms with E-state index in [-0.39, 0.29) is 28.5 Å². The Morgan fingerprint density at radius 1 is 1.26 bits per heavy atom. The fraction of sp³-hybridized carbons (Fsp3) is 0.467. The maximum Gasteiger partial charge on any atom is 0.419 e. The van der Waals surface area contributed by atoms with Gasteiger partial charge in [-0.3, -0.25) is 4.98 Å². The zero-order valence-corrected chi connectivity index (χ0v) is 13.0. The highest BCUT2D eigenvalue weighted by atomic mass is 32.2. The van der Waals surface area contributed by atoms with Crippen LogP contribution in [0.3, 0.4) is 0 Å². The van der Waals surface area contributed by atoms with Crippen LogP contribution in [0.25, 0.3) is 10.9 Å². The van der Waals surface area contributed by atoms with Gasteiger partial charge in [-0.25, -0.2) is 18.0 Å². The molecule has 0 spiro atoms. The largest absolute Gasteiger partial charge is 0.490 e. The minimum Gasteiger partial charge on any atom is -0.490 e. The Kier molecular flexibility index (Phi) is 2.96. The van der Waals surface area contributed by atoms with Gasteiger partial charge in [-0.05, 0) is 37.8 Å². The molecule has 2 saturated carbocycles. The first-order valence-corrected chi connectivity index (χ1v) is 9.00. The molecule has 0 radical (unpaired) electrons. The molecule has 2 aromatic rings. The monoisotopic (exact) mass is 337 g/mol. The predicted octanol–water partition coefficient (Wildman–Crippen LogP) is 0.970. The highest BCUT2D eigenvalue weighted by molar-refractivity contribution is 7.94. The van der Waals surface area contributed by atoms with Crippen molar-refractivity contribution in [3.8, 4) is 5.75 Å². The summed E-state index contributed by atoms with van der Waals surface area (Å²) in [6.45, 7) is 0.0349. The van der Waals surface area contributed by atoms with E-state index < -0.39 is 26.0 Å². The molecule has 0 saturated heterocycles. The molecule has 2 aliphatic carbocycles. The number of para-hydroxylation sites is 1. The number of fused-ring (bicyclic) bond motifs is 1. The van der Waals surface area contributed by atoms with Crippen molar-refractivity contribution in [1.29, 1.82) is 0 Å². The lowest BCUT2D eigenvalue weighted by Crippen LogP contribution is -2.33. The van der Waals surface area contributed by atoms with Crippen LogP contribution in [-0.2, 0) is 9.84 Å². The maximum atomic E-state index is 12.5. The van der Waals surface area contributed by atoms with E-state index in [9.17, 15) is 18.0 Å². The van der Waals surface area contributed by atoms with Crippen molar-refractivity contribution < 1.29 is 17.6 Å². The first-order chi connectivity index (χ1) is 10.9. The number of aromatic nitrogens is 1. The second-order valence-corrected chi connectivity index (χ2v) is 8.82. The molecule has 2 aliphatic rings. The van der Waals surface area contributed by atoms with E-state index in [2.05, 4.69) is 9.40 Å². The Morgan fingerprint density at radius 2 is 2.00 bits per heavy atom. The zero-order valence-electron chi connectivity index (χ0n) is 12.2. The zero-order chi connectivity index (χ0) is 16.2. The van der Waals surface area contributed by atoms with Gasteiger partial charge in [-0.15, -0.1) is 0 Å². The van der Waals surface area contributed by atoms with Gasteiger partial charge in [-0.1, -0.05) is 6.07 Å². The highest BCUT2D eigenvalue weighted by Gasteiger charge is 2.60. The molecule has 23 heavy (non-hydrogen) atoms. The first-order valence-electron chi connectivity index (χ1n) is 7.45. The Labute approximate surface area is 131 Å². The molecular formula is C15H15NO6S. The van der Waals surface area contributed by atoms with Gasteiger partial charge in [0.15, 0.2) is 9.84 Å². The average Bonchev–Trinajstić information content (AvgIpc) is 3.38. The fourth-order valence-electron chi connectivity index (χ4n) is 2.81. The number of benzene rings is 1. The molecule has 2 fully saturated rings. The number of H-pyrrole nitrogens is 1. The SMILES string of the molecule is O=c1[nH]c2c(OCC3(S(=O)(=O)C4CC4)CC3)cccc2c(=O)o1. The van der Waals surface area contributed by atoms with E-state index in [1.165, 1.54) is 6.07 Å². The van der Waals surface area contributed by atoms with Gasteiger partial charge in [0.2, 0.25) is 0 Å². The van der Waals surface area contributed by atoms with Crippen molar-refractivity contribution in [1.82, 2.24) is 4.98 Å². The van der Waals surface area contributed by atoms with Crippen molar-refractivity contribution in [3.05, 3.63) is 39.2 Å². The molecule has 1 aromatic carbocycles. The van der Waals surface area contributed by atoms with Crippen molar-refractivity contribution in [3.63, 3.8) is 0 Å². The molecule has 0 bridgehead atoms. The Hall–Kier alpha value is -2.09. The lowest BCUT2D eigenvalue weighted by Gasteiger charge is -2.17. The van der Waals surface area contributed by atoms with Gasteiger partial charge in [0.05, 0.1) is 10.6 Å². The van der Waals surface area contributed by atoms with Crippen LogP contribution in [0.4, 0.5) is 0 Å². The van der Waals surface area contributed by atoms with Gasteiger partial charge in [0, 0.05) is 0 Å². The number of hydrogen-bond donors (Lipinski definition) is 1. The second-order valence-electron chi connectivity index (χ2n) is 6.20. The molecule has 0 unspecified atom stereocenters. The van der Waals surface area contributed by atoms with Crippen molar-refractivity contribution in [2.45, 2.75) is 35.7 Å². The third-order valence-electron chi connectivity index (χ3n) is 4.52. The third kappa shape index (κ3) is 2.28. The average molecular weight is 337 g/mol. The summed E-state index contributed by atoms with van der Waals surface area (Å²) in [6, 6.07) is 4.71. The summed E-state index contributed by atoms with van der Waals surface area (Å²) in [6.07, 6.45) is 2.64. The van der Waals surface area contributed by atoms with Gasteiger partial charge < -0.3 is 9.15 Å². The molecule has 1 aromatic heterocycles. The molecule has 0 atom stereocenters. The topological polar surface area (TPSA) is 106 Å². The van der Waals surface area contributed by atoms with Gasteiger partial charge in [0.1, 0.15) is 22.6 Å². The number of aromatic amines is 1. The molecule has 0 amide bonds. The number of hydrogen-bond acceptors (Lipinski definition) is 6. The summed E-state index contributed by atoms with van der Waals surface area (Å²) >= 11 is 0. The summed E-state index contributed by atoms with van der Waals surface area (Å²) in [5.74, 6) is -0.588. The van der Waals surface area contributed by atoms with E-state index in [1.807, 2.05) is 0 Å². The molecule has 1 heterocycles. The molecule has 8 heteroatoms. The summed E-state index contributed by atoms with van der Waals surface area (Å²) in [5, 5.41) is -0.0371. The minimum atomic E-state index is -3.17. The number of nitrogens with one attached hydrogen (secondary N) is 1. The lowest BCUT2D eigenvalue weighted by atomic mass is 10.2. The fourth-order valence-corrected chi connectivity index (χ4v) is 5.17. The second kappa shape index (κ2) is 4.70. The number of rotatable bonds is 5. The standard InChI is InChI=1S/C15H15NO6S/c17-13-10-2-1-3-11(12(10)16-14(18)22-13)21-8-15(6-7-15)23(19,20)9-4-5-9/h1-3,9H,4-8H2,(H,16,18). The number of ether oxygens (including phenoxy) is 1. The van der Waals surface area contributed by atoms with Crippen LogP contribution in [0, 0.1) is 0 Å². The summed E-state index contributed by atoms with van der Waals surface area (Å²) in [7, 11) is -3.17. The van der Waals surface area contributed by atoms with Crippen LogP contribution in [0.1, 0.15) is 25.7 Å². The Balaban J connectivity index is 1.67. The van der Waals surface area contributed by atoms with Crippen LogP contribution in [0.5, 0.6) is 5.75 Å². The highest BCUT2D eigenvalue weighted by Crippen LogP contribution is 2.50.